The molecule has 20 heavy (non-hydrogen) atoms. The first-order valence-electron chi connectivity index (χ1n) is 5.86. The molecule has 0 unspecified atom stereocenters. The van der Waals surface area contributed by atoms with Crippen LogP contribution in [0.1, 0.15) is 24.0 Å². The van der Waals surface area contributed by atoms with Crippen molar-refractivity contribution in [3.63, 3.8) is 0 Å². The molecular weight excluding hydrogens is 298 g/mol. The smallest absolute Gasteiger partial charge is 0.211 e. The molecule has 1 aromatic rings. The number of aryl methyl sites for hydroxylation is 2. The first-order chi connectivity index (χ1) is 9.03. The minimum atomic E-state index is -4.31. The average Bonchev–Trinajstić information content (AvgIpc) is 2.21. The van der Waals surface area contributed by atoms with E-state index >= 15 is 0 Å². The van der Waals surface area contributed by atoms with E-state index in [2.05, 4.69) is 4.72 Å². The zero-order chi connectivity index (χ0) is 15.6. The van der Waals surface area contributed by atoms with Crippen LogP contribution in [0, 0.1) is 19.7 Å². The van der Waals surface area contributed by atoms with Gasteiger partial charge in [0.25, 0.3) is 0 Å². The van der Waals surface area contributed by atoms with Crippen LogP contribution < -0.4 is 4.72 Å². The second-order valence-electron chi connectivity index (χ2n) is 4.49. The van der Waals surface area contributed by atoms with Crippen molar-refractivity contribution >= 4 is 10.0 Å². The summed E-state index contributed by atoms with van der Waals surface area (Å²) in [6.07, 6.45) is -5.72. The molecule has 1 N–H and O–H groups in total. The lowest BCUT2D eigenvalue weighted by molar-refractivity contribution is -0.135. The van der Waals surface area contributed by atoms with E-state index in [4.69, 9.17) is 0 Å². The Morgan fingerprint density at radius 2 is 1.65 bits per heavy atom. The summed E-state index contributed by atoms with van der Waals surface area (Å²) in [5, 5.41) is 0. The Morgan fingerprint density at radius 1 is 1.15 bits per heavy atom. The molecule has 1 aromatic carbocycles. The second kappa shape index (κ2) is 6.09. The second-order valence-corrected chi connectivity index (χ2v) is 6.19. The maximum atomic E-state index is 13.1. The Morgan fingerprint density at radius 3 is 2.10 bits per heavy atom. The third-order valence-corrected chi connectivity index (χ3v) is 4.39. The third-order valence-electron chi connectivity index (χ3n) is 2.62. The van der Waals surface area contributed by atoms with E-state index in [-0.39, 0.29) is 29.0 Å². The summed E-state index contributed by atoms with van der Waals surface area (Å²) in [6, 6.07) is 2.13. The fraction of sp³-hybridized carbons (Fsp3) is 0.500. The van der Waals surface area contributed by atoms with Gasteiger partial charge in [0.1, 0.15) is 5.82 Å². The predicted octanol–water partition coefficient (Wildman–Crippen LogP) is 3.06. The van der Waals surface area contributed by atoms with Crippen molar-refractivity contribution in [1.29, 1.82) is 0 Å². The van der Waals surface area contributed by atoms with E-state index in [1.807, 2.05) is 0 Å². The normalized spacial score (nSPS) is 12.7. The molecule has 0 fully saturated rings. The molecule has 0 aliphatic rings. The van der Waals surface area contributed by atoms with Gasteiger partial charge in [0.2, 0.25) is 10.0 Å². The van der Waals surface area contributed by atoms with Crippen molar-refractivity contribution < 1.29 is 26.0 Å². The molecule has 0 heterocycles. The molecule has 1 rings (SSSR count). The van der Waals surface area contributed by atoms with Gasteiger partial charge in [-0.3, -0.25) is 0 Å². The molecule has 0 spiro atoms. The number of halogens is 4. The SMILES string of the molecule is Cc1cc(F)cc(C)c1S(=O)(=O)NCCCC(F)(F)F. The Kier molecular flexibility index (Phi) is 5.15. The summed E-state index contributed by atoms with van der Waals surface area (Å²) in [5.41, 5.74) is 0.427. The highest BCUT2D eigenvalue weighted by Crippen LogP contribution is 2.23. The topological polar surface area (TPSA) is 46.2 Å². The van der Waals surface area contributed by atoms with Crippen LogP contribution in [0.4, 0.5) is 17.6 Å². The highest BCUT2D eigenvalue weighted by atomic mass is 32.2. The number of alkyl halides is 3. The maximum absolute atomic E-state index is 13.1. The van der Waals surface area contributed by atoms with Gasteiger partial charge in [-0.2, -0.15) is 13.2 Å². The minimum absolute atomic E-state index is 0.0918. The van der Waals surface area contributed by atoms with Gasteiger partial charge in [-0.05, 0) is 43.5 Å². The minimum Gasteiger partial charge on any atom is -0.211 e. The Labute approximate surface area is 115 Å². The van der Waals surface area contributed by atoms with Gasteiger partial charge in [0, 0.05) is 13.0 Å². The van der Waals surface area contributed by atoms with Gasteiger partial charge in [-0.25, -0.2) is 17.5 Å². The van der Waals surface area contributed by atoms with E-state index in [0.29, 0.717) is 0 Å². The summed E-state index contributed by atoms with van der Waals surface area (Å²) in [4.78, 5) is -0.0918. The number of benzene rings is 1. The van der Waals surface area contributed by atoms with Gasteiger partial charge < -0.3 is 0 Å². The molecule has 0 aliphatic carbocycles. The van der Waals surface area contributed by atoms with Crippen molar-refractivity contribution in [3.05, 3.63) is 29.1 Å². The quantitative estimate of drug-likeness (QED) is 0.671. The van der Waals surface area contributed by atoms with Gasteiger partial charge >= 0.3 is 6.18 Å². The van der Waals surface area contributed by atoms with Gasteiger partial charge in [-0.1, -0.05) is 0 Å². The maximum Gasteiger partial charge on any atom is 0.389 e. The fourth-order valence-corrected chi connectivity index (χ4v) is 3.41. The molecule has 0 saturated carbocycles. The molecular formula is C12H15F4NO2S. The lowest BCUT2D eigenvalue weighted by atomic mass is 10.1. The van der Waals surface area contributed by atoms with Crippen LogP contribution in [0.15, 0.2) is 17.0 Å². The summed E-state index contributed by atoms with van der Waals surface area (Å²) in [5.74, 6) is -0.559. The molecule has 0 aromatic heterocycles. The first kappa shape index (κ1) is 16.9. The van der Waals surface area contributed by atoms with Crippen LogP contribution in [0.2, 0.25) is 0 Å². The molecule has 0 aliphatic heterocycles. The zero-order valence-corrected chi connectivity index (χ0v) is 11.8. The molecule has 8 heteroatoms. The number of hydrogen-bond acceptors (Lipinski definition) is 2. The van der Waals surface area contributed by atoms with E-state index < -0.39 is 28.4 Å². The lowest BCUT2D eigenvalue weighted by Gasteiger charge is -2.12. The van der Waals surface area contributed by atoms with E-state index in [9.17, 15) is 26.0 Å². The number of rotatable bonds is 5. The molecule has 0 amide bonds. The van der Waals surface area contributed by atoms with E-state index in [1.54, 1.807) is 0 Å². The van der Waals surface area contributed by atoms with Crippen LogP contribution in [-0.4, -0.2) is 21.1 Å². The van der Waals surface area contributed by atoms with Crippen molar-refractivity contribution in [2.24, 2.45) is 0 Å². The third kappa shape index (κ3) is 4.75. The Hall–Kier alpha value is -1.15. The number of sulfonamides is 1. The Bertz CT molecular complexity index is 559. The van der Waals surface area contributed by atoms with Crippen LogP contribution >= 0.6 is 0 Å². The van der Waals surface area contributed by atoms with Crippen LogP contribution in [0.3, 0.4) is 0 Å². The highest BCUT2D eigenvalue weighted by molar-refractivity contribution is 7.89. The lowest BCUT2D eigenvalue weighted by Crippen LogP contribution is -2.27. The number of nitrogens with one attached hydrogen (secondary N) is 1. The molecule has 0 bridgehead atoms. The zero-order valence-electron chi connectivity index (χ0n) is 11.0. The summed E-state index contributed by atoms with van der Waals surface area (Å²) < 4.78 is 75.0. The highest BCUT2D eigenvalue weighted by Gasteiger charge is 2.27. The number of hydrogen-bond donors (Lipinski definition) is 1. The summed E-state index contributed by atoms with van der Waals surface area (Å²) >= 11 is 0. The van der Waals surface area contributed by atoms with Gasteiger partial charge in [0.05, 0.1) is 4.90 Å². The fourth-order valence-electron chi connectivity index (χ4n) is 1.89. The van der Waals surface area contributed by atoms with Crippen LogP contribution in [0.25, 0.3) is 0 Å². The van der Waals surface area contributed by atoms with E-state index in [0.717, 1.165) is 12.1 Å². The molecule has 3 nitrogen and oxygen atoms in total. The standard InChI is InChI=1S/C12H15F4NO2S/c1-8-6-10(13)7-9(2)11(8)20(18,19)17-5-3-4-12(14,15)16/h6-7,17H,3-5H2,1-2H3. The summed E-state index contributed by atoms with van der Waals surface area (Å²) in [6.45, 7) is 2.54. The first-order valence-corrected chi connectivity index (χ1v) is 7.34. The van der Waals surface area contributed by atoms with Crippen LogP contribution in [0.5, 0.6) is 0 Å². The predicted molar refractivity (Wildman–Crippen MR) is 66.4 cm³/mol. The monoisotopic (exact) mass is 313 g/mol. The molecule has 0 atom stereocenters. The van der Waals surface area contributed by atoms with Crippen molar-refractivity contribution in [2.75, 3.05) is 6.54 Å². The molecule has 0 saturated heterocycles. The van der Waals surface area contributed by atoms with Crippen molar-refractivity contribution in [2.45, 2.75) is 37.8 Å². The van der Waals surface area contributed by atoms with Crippen molar-refractivity contribution in [3.8, 4) is 0 Å². The van der Waals surface area contributed by atoms with Crippen LogP contribution in [-0.2, 0) is 10.0 Å². The average molecular weight is 313 g/mol. The van der Waals surface area contributed by atoms with Gasteiger partial charge in [0.15, 0.2) is 0 Å². The van der Waals surface area contributed by atoms with Gasteiger partial charge in [-0.15, -0.1) is 0 Å². The van der Waals surface area contributed by atoms with E-state index in [1.165, 1.54) is 13.8 Å². The molecule has 114 valence electrons. The largest absolute Gasteiger partial charge is 0.389 e. The summed E-state index contributed by atoms with van der Waals surface area (Å²) in [7, 11) is -3.94. The Balaban J connectivity index is 2.80. The molecule has 0 radical (unpaired) electrons. The van der Waals surface area contributed by atoms with Crippen molar-refractivity contribution in [1.82, 2.24) is 4.72 Å².